The van der Waals surface area contributed by atoms with E-state index in [-0.39, 0.29) is 0 Å². The summed E-state index contributed by atoms with van der Waals surface area (Å²) < 4.78 is 43.5. The highest BCUT2D eigenvalue weighted by molar-refractivity contribution is 5.26. The van der Waals surface area contributed by atoms with Crippen LogP contribution in [0.3, 0.4) is 0 Å². The average Bonchev–Trinajstić information content (AvgIpc) is 2.45. The van der Waals surface area contributed by atoms with E-state index in [9.17, 15) is 23.4 Å². The molecule has 0 aromatic heterocycles. The van der Waals surface area contributed by atoms with Gasteiger partial charge in [-0.3, -0.25) is 0 Å². The van der Waals surface area contributed by atoms with Gasteiger partial charge in [-0.15, -0.1) is 0 Å². The van der Waals surface area contributed by atoms with Gasteiger partial charge >= 0.3 is 6.18 Å². The molecule has 2 aliphatic rings. The van der Waals surface area contributed by atoms with Gasteiger partial charge in [0.2, 0.25) is 0 Å². The Morgan fingerprint density at radius 1 is 1.04 bits per heavy atom. The van der Waals surface area contributed by atoms with Crippen molar-refractivity contribution in [3.63, 3.8) is 0 Å². The van der Waals surface area contributed by atoms with Crippen LogP contribution in [-0.2, 0) is 11.2 Å². The van der Waals surface area contributed by atoms with Crippen LogP contribution in [-0.4, -0.2) is 35.2 Å². The van der Waals surface area contributed by atoms with Gasteiger partial charge in [-0.1, -0.05) is 43.5 Å². The molecule has 1 heterocycles. The van der Waals surface area contributed by atoms with E-state index >= 15 is 0 Å². The van der Waals surface area contributed by atoms with Gasteiger partial charge < -0.3 is 14.9 Å². The van der Waals surface area contributed by atoms with Gasteiger partial charge in [-0.25, -0.2) is 0 Å². The standard InChI is InChI=1S/C17H21F3O3/c18-17(19,20)13-9-23-16(15(22)14(13)21)12-6-4-11(5-7-12)8-10-2-1-3-10/h4-7,10,13-16,21-22H,1-3,8-9H2/t13-,14-,15-,16-/m1/s1. The molecule has 1 saturated heterocycles. The Morgan fingerprint density at radius 2 is 1.70 bits per heavy atom. The van der Waals surface area contributed by atoms with Crippen molar-refractivity contribution in [3.05, 3.63) is 35.4 Å². The first kappa shape index (κ1) is 16.7. The van der Waals surface area contributed by atoms with E-state index in [0.29, 0.717) is 5.56 Å². The molecule has 0 amide bonds. The summed E-state index contributed by atoms with van der Waals surface area (Å²) in [6, 6.07) is 7.38. The minimum Gasteiger partial charge on any atom is -0.390 e. The first-order valence-electron chi connectivity index (χ1n) is 7.99. The topological polar surface area (TPSA) is 49.7 Å². The SMILES string of the molecule is O[C@@H]1[C@H](O)[C@H](C(F)(F)F)CO[C@@H]1c1ccc(CC2CCC2)cc1. The summed E-state index contributed by atoms with van der Waals surface area (Å²) in [5, 5.41) is 19.8. The summed E-state index contributed by atoms with van der Waals surface area (Å²) in [5.74, 6) is -1.32. The van der Waals surface area contributed by atoms with E-state index in [4.69, 9.17) is 4.74 Å². The van der Waals surface area contributed by atoms with Crippen molar-refractivity contribution in [3.8, 4) is 0 Å². The fraction of sp³-hybridized carbons (Fsp3) is 0.647. The smallest absolute Gasteiger partial charge is 0.390 e. The van der Waals surface area contributed by atoms with Crippen LogP contribution in [0.5, 0.6) is 0 Å². The predicted octanol–water partition coefficient (Wildman–Crippen LogP) is 3.00. The lowest BCUT2D eigenvalue weighted by molar-refractivity contribution is -0.265. The first-order chi connectivity index (χ1) is 10.9. The van der Waals surface area contributed by atoms with Crippen LogP contribution in [0.25, 0.3) is 0 Å². The lowest BCUT2D eigenvalue weighted by Gasteiger charge is -2.38. The third-order valence-electron chi connectivity index (χ3n) is 5.01. The number of benzene rings is 1. The van der Waals surface area contributed by atoms with Crippen LogP contribution < -0.4 is 0 Å². The van der Waals surface area contributed by atoms with Crippen molar-refractivity contribution in [2.45, 2.75) is 50.2 Å². The molecule has 1 aromatic rings. The summed E-state index contributed by atoms with van der Waals surface area (Å²) in [5.41, 5.74) is 1.77. The normalized spacial score (nSPS) is 32.6. The molecule has 2 N–H and O–H groups in total. The molecule has 3 rings (SSSR count). The molecule has 0 unspecified atom stereocenters. The van der Waals surface area contributed by atoms with E-state index in [0.717, 1.165) is 12.3 Å². The highest BCUT2D eigenvalue weighted by atomic mass is 19.4. The summed E-state index contributed by atoms with van der Waals surface area (Å²) >= 11 is 0. The molecule has 0 radical (unpaired) electrons. The Balaban J connectivity index is 1.67. The lowest BCUT2D eigenvalue weighted by Crippen LogP contribution is -2.51. The van der Waals surface area contributed by atoms with E-state index in [2.05, 4.69) is 0 Å². The quantitative estimate of drug-likeness (QED) is 0.896. The average molecular weight is 330 g/mol. The van der Waals surface area contributed by atoms with Crippen molar-refractivity contribution in [1.29, 1.82) is 0 Å². The highest BCUT2D eigenvalue weighted by Gasteiger charge is 2.51. The van der Waals surface area contributed by atoms with Crippen LogP contribution in [0.1, 0.15) is 36.5 Å². The number of aliphatic hydroxyl groups is 2. The maximum absolute atomic E-state index is 12.8. The van der Waals surface area contributed by atoms with Crippen molar-refractivity contribution < 1.29 is 28.1 Å². The molecule has 2 fully saturated rings. The Labute approximate surface area is 133 Å². The van der Waals surface area contributed by atoms with E-state index in [1.165, 1.54) is 24.8 Å². The number of hydrogen-bond donors (Lipinski definition) is 2. The zero-order valence-electron chi connectivity index (χ0n) is 12.7. The van der Waals surface area contributed by atoms with E-state index in [1.54, 1.807) is 12.1 Å². The second kappa shape index (κ2) is 6.42. The van der Waals surface area contributed by atoms with E-state index < -0.39 is 37.0 Å². The monoisotopic (exact) mass is 330 g/mol. The number of aliphatic hydroxyl groups excluding tert-OH is 2. The van der Waals surface area contributed by atoms with Crippen LogP contribution in [0.4, 0.5) is 13.2 Å². The van der Waals surface area contributed by atoms with Gasteiger partial charge in [0.25, 0.3) is 0 Å². The largest absolute Gasteiger partial charge is 0.396 e. The molecule has 0 bridgehead atoms. The summed E-state index contributed by atoms with van der Waals surface area (Å²) in [7, 11) is 0. The van der Waals surface area contributed by atoms with Crippen LogP contribution in [0.15, 0.2) is 24.3 Å². The van der Waals surface area contributed by atoms with Crippen LogP contribution >= 0.6 is 0 Å². The molecule has 1 aromatic carbocycles. The highest BCUT2D eigenvalue weighted by Crippen LogP contribution is 2.39. The fourth-order valence-electron chi connectivity index (χ4n) is 3.28. The summed E-state index contributed by atoms with van der Waals surface area (Å²) in [6.45, 7) is -0.643. The Morgan fingerprint density at radius 3 is 2.22 bits per heavy atom. The number of alkyl halides is 3. The van der Waals surface area contributed by atoms with Gasteiger partial charge in [0.1, 0.15) is 18.1 Å². The third-order valence-corrected chi connectivity index (χ3v) is 5.01. The molecule has 128 valence electrons. The molecule has 1 saturated carbocycles. The molecule has 6 heteroatoms. The lowest BCUT2D eigenvalue weighted by atomic mass is 9.80. The number of halogens is 3. The number of rotatable bonds is 3. The molecule has 23 heavy (non-hydrogen) atoms. The zero-order chi connectivity index (χ0) is 16.6. The predicted molar refractivity (Wildman–Crippen MR) is 77.7 cm³/mol. The van der Waals surface area contributed by atoms with Crippen molar-refractivity contribution >= 4 is 0 Å². The molecule has 1 aliphatic carbocycles. The van der Waals surface area contributed by atoms with Gasteiger partial charge in [0, 0.05) is 0 Å². The molecule has 4 atom stereocenters. The summed E-state index contributed by atoms with van der Waals surface area (Å²) in [6.07, 6.45) is -4.19. The van der Waals surface area contributed by atoms with Gasteiger partial charge in [0.15, 0.2) is 0 Å². The fourth-order valence-corrected chi connectivity index (χ4v) is 3.28. The van der Waals surface area contributed by atoms with Crippen LogP contribution in [0.2, 0.25) is 0 Å². The third kappa shape index (κ3) is 3.54. The molecular formula is C17H21F3O3. The van der Waals surface area contributed by atoms with Crippen molar-refractivity contribution in [1.82, 2.24) is 0 Å². The Hall–Kier alpha value is -1.11. The van der Waals surface area contributed by atoms with Crippen LogP contribution in [0, 0.1) is 11.8 Å². The number of ether oxygens (including phenoxy) is 1. The van der Waals surface area contributed by atoms with Gasteiger partial charge in [-0.2, -0.15) is 13.2 Å². The number of hydrogen-bond acceptors (Lipinski definition) is 3. The molecular weight excluding hydrogens is 309 g/mol. The maximum Gasteiger partial charge on any atom is 0.396 e. The molecule has 0 spiro atoms. The molecule has 1 aliphatic heterocycles. The second-order valence-electron chi connectivity index (χ2n) is 6.63. The summed E-state index contributed by atoms with van der Waals surface area (Å²) in [4.78, 5) is 0. The first-order valence-corrected chi connectivity index (χ1v) is 7.99. The van der Waals surface area contributed by atoms with Crippen molar-refractivity contribution in [2.24, 2.45) is 11.8 Å². The minimum absolute atomic E-state index is 0.592. The Kier molecular flexibility index (Phi) is 4.67. The second-order valence-corrected chi connectivity index (χ2v) is 6.63. The minimum atomic E-state index is -4.59. The van der Waals surface area contributed by atoms with Gasteiger partial charge in [-0.05, 0) is 23.5 Å². The van der Waals surface area contributed by atoms with E-state index in [1.807, 2.05) is 12.1 Å². The molecule has 3 nitrogen and oxygen atoms in total. The zero-order valence-corrected chi connectivity index (χ0v) is 12.7. The van der Waals surface area contributed by atoms with Gasteiger partial charge in [0.05, 0.1) is 12.7 Å². The Bertz CT molecular complexity index is 525. The van der Waals surface area contributed by atoms with Crippen molar-refractivity contribution in [2.75, 3.05) is 6.61 Å². The maximum atomic E-state index is 12.8.